The largest absolute Gasteiger partial charge is 0.372 e. The molecule has 0 aliphatic rings. The topological polar surface area (TPSA) is 61.4 Å². The molecule has 2 amide bonds. The third-order valence-electron chi connectivity index (χ3n) is 3.98. The predicted molar refractivity (Wildman–Crippen MR) is 107 cm³/mol. The first-order valence-electron chi connectivity index (χ1n) is 8.72. The minimum atomic E-state index is -0.332. The highest BCUT2D eigenvalue weighted by Gasteiger charge is 2.15. The monoisotopic (exact) mass is 371 g/mol. The van der Waals surface area contributed by atoms with Crippen LogP contribution in [0.5, 0.6) is 0 Å². The van der Waals surface area contributed by atoms with Crippen molar-refractivity contribution in [1.29, 1.82) is 0 Å². The molecule has 1 atom stereocenters. The van der Waals surface area contributed by atoms with Gasteiger partial charge in [0, 0.05) is 29.2 Å². The summed E-state index contributed by atoms with van der Waals surface area (Å²) in [5, 5.41) is -0.317. The molecule has 0 bridgehead atoms. The number of carbonyl (C=O) groups excluding carboxylic acids is 2. The molecule has 2 rings (SSSR count). The van der Waals surface area contributed by atoms with Gasteiger partial charge in [-0.3, -0.25) is 20.4 Å². The van der Waals surface area contributed by atoms with E-state index in [1.54, 1.807) is 19.1 Å². The van der Waals surface area contributed by atoms with E-state index >= 15 is 0 Å². The van der Waals surface area contributed by atoms with Gasteiger partial charge in [-0.2, -0.15) is 0 Å². The Bertz CT molecular complexity index is 716. The molecule has 2 aromatic rings. The molecular weight excluding hydrogens is 346 g/mol. The fourth-order valence-electron chi connectivity index (χ4n) is 2.46. The first-order valence-corrected chi connectivity index (χ1v) is 9.60. The van der Waals surface area contributed by atoms with Crippen LogP contribution in [0.15, 0.2) is 59.5 Å². The summed E-state index contributed by atoms with van der Waals surface area (Å²) in [5.74, 6) is -0.576. The summed E-state index contributed by atoms with van der Waals surface area (Å²) >= 11 is 1.44. The third kappa shape index (κ3) is 5.52. The second-order valence-corrected chi connectivity index (χ2v) is 7.15. The molecular formula is C20H25N3O2S. The Labute approximate surface area is 159 Å². The van der Waals surface area contributed by atoms with Crippen LogP contribution in [0.2, 0.25) is 0 Å². The van der Waals surface area contributed by atoms with E-state index in [-0.39, 0.29) is 17.1 Å². The Hall–Kier alpha value is -2.47. The molecule has 0 saturated carbocycles. The zero-order chi connectivity index (χ0) is 18.9. The molecule has 0 spiro atoms. The molecule has 2 aromatic carbocycles. The fourth-order valence-corrected chi connectivity index (χ4v) is 3.35. The number of nitrogens with one attached hydrogen (secondary N) is 2. The van der Waals surface area contributed by atoms with Crippen LogP contribution in [0.4, 0.5) is 5.69 Å². The molecule has 26 heavy (non-hydrogen) atoms. The summed E-state index contributed by atoms with van der Waals surface area (Å²) in [6.45, 7) is 7.81. The minimum Gasteiger partial charge on any atom is -0.372 e. The van der Waals surface area contributed by atoms with Gasteiger partial charge in [-0.1, -0.05) is 18.2 Å². The Balaban J connectivity index is 1.86. The number of hydrogen-bond donors (Lipinski definition) is 2. The normalized spacial score (nSPS) is 11.5. The van der Waals surface area contributed by atoms with Crippen LogP contribution in [-0.2, 0) is 4.79 Å². The first kappa shape index (κ1) is 19.8. The van der Waals surface area contributed by atoms with E-state index < -0.39 is 0 Å². The SMILES string of the molecule is CCN(CC)c1ccc(C(=O)NNC(=O)[C@@H](C)Sc2ccccc2)cc1. The average molecular weight is 372 g/mol. The van der Waals surface area contributed by atoms with Gasteiger partial charge in [-0.05, 0) is 57.2 Å². The lowest BCUT2D eigenvalue weighted by Gasteiger charge is -2.21. The maximum atomic E-state index is 12.2. The molecule has 0 aromatic heterocycles. The van der Waals surface area contributed by atoms with Crippen LogP contribution >= 0.6 is 11.8 Å². The second-order valence-electron chi connectivity index (χ2n) is 5.74. The van der Waals surface area contributed by atoms with Gasteiger partial charge in [0.2, 0.25) is 0 Å². The number of anilines is 1. The fraction of sp³-hybridized carbons (Fsp3) is 0.300. The number of hydrazine groups is 1. The quantitative estimate of drug-likeness (QED) is 0.578. The van der Waals surface area contributed by atoms with Crippen molar-refractivity contribution in [2.75, 3.05) is 18.0 Å². The molecule has 0 heterocycles. The number of amides is 2. The lowest BCUT2D eigenvalue weighted by atomic mass is 10.2. The zero-order valence-corrected chi connectivity index (χ0v) is 16.2. The van der Waals surface area contributed by atoms with E-state index in [2.05, 4.69) is 29.6 Å². The molecule has 0 unspecified atom stereocenters. The number of carbonyl (C=O) groups is 2. The molecule has 0 radical (unpaired) electrons. The van der Waals surface area contributed by atoms with Gasteiger partial charge >= 0.3 is 0 Å². The van der Waals surface area contributed by atoms with Gasteiger partial charge in [0.05, 0.1) is 5.25 Å². The van der Waals surface area contributed by atoms with E-state index in [1.807, 2.05) is 42.5 Å². The predicted octanol–water partition coefficient (Wildman–Crippen LogP) is 3.47. The summed E-state index contributed by atoms with van der Waals surface area (Å²) in [7, 11) is 0. The third-order valence-corrected chi connectivity index (χ3v) is 5.09. The number of rotatable bonds is 7. The molecule has 0 aliphatic carbocycles. The van der Waals surface area contributed by atoms with Crippen LogP contribution < -0.4 is 15.8 Å². The van der Waals surface area contributed by atoms with Gasteiger partial charge in [0.1, 0.15) is 0 Å². The molecule has 5 nitrogen and oxygen atoms in total. The summed E-state index contributed by atoms with van der Waals surface area (Å²) in [6, 6.07) is 17.0. The van der Waals surface area contributed by atoms with Gasteiger partial charge in [0.15, 0.2) is 0 Å². The minimum absolute atomic E-state index is 0.244. The van der Waals surface area contributed by atoms with E-state index in [4.69, 9.17) is 0 Å². The van der Waals surface area contributed by atoms with Crippen molar-refractivity contribution >= 4 is 29.3 Å². The maximum Gasteiger partial charge on any atom is 0.269 e. The second kappa shape index (κ2) is 9.87. The molecule has 2 N–H and O–H groups in total. The lowest BCUT2D eigenvalue weighted by molar-refractivity contribution is -0.121. The Morgan fingerprint density at radius 2 is 1.58 bits per heavy atom. The van der Waals surface area contributed by atoms with E-state index in [0.717, 1.165) is 23.7 Å². The highest BCUT2D eigenvalue weighted by molar-refractivity contribution is 8.00. The standard InChI is InChI=1S/C20H25N3O2S/c1-4-23(5-2)17-13-11-16(12-14-17)20(25)22-21-19(24)15(3)26-18-9-7-6-8-10-18/h6-15H,4-5H2,1-3H3,(H,21,24)(H,22,25)/t15-/m1/s1. The molecule has 0 saturated heterocycles. The van der Waals surface area contributed by atoms with Gasteiger partial charge in [0.25, 0.3) is 11.8 Å². The first-order chi connectivity index (χ1) is 12.5. The van der Waals surface area contributed by atoms with E-state index in [1.165, 1.54) is 11.8 Å². The van der Waals surface area contributed by atoms with Crippen molar-refractivity contribution in [2.24, 2.45) is 0 Å². The van der Waals surface area contributed by atoms with Gasteiger partial charge < -0.3 is 4.90 Å². The van der Waals surface area contributed by atoms with Crippen LogP contribution in [0, 0.1) is 0 Å². The number of benzene rings is 2. The van der Waals surface area contributed by atoms with Crippen LogP contribution in [0.1, 0.15) is 31.1 Å². The highest BCUT2D eigenvalue weighted by Crippen LogP contribution is 2.22. The molecule has 138 valence electrons. The van der Waals surface area contributed by atoms with Crippen molar-refractivity contribution in [2.45, 2.75) is 30.9 Å². The summed E-state index contributed by atoms with van der Waals surface area (Å²) in [4.78, 5) is 27.6. The molecule has 0 fully saturated rings. The average Bonchev–Trinajstić information content (AvgIpc) is 2.68. The van der Waals surface area contributed by atoms with E-state index in [0.29, 0.717) is 5.56 Å². The van der Waals surface area contributed by atoms with Crippen LogP contribution in [0.3, 0.4) is 0 Å². The summed E-state index contributed by atoms with van der Waals surface area (Å²) in [6.07, 6.45) is 0. The molecule has 0 aliphatic heterocycles. The number of hydrogen-bond acceptors (Lipinski definition) is 4. The Kier molecular flexibility index (Phi) is 7.53. The Morgan fingerprint density at radius 1 is 0.962 bits per heavy atom. The van der Waals surface area contributed by atoms with Crippen LogP contribution in [0.25, 0.3) is 0 Å². The lowest BCUT2D eigenvalue weighted by Crippen LogP contribution is -2.44. The molecule has 6 heteroatoms. The highest BCUT2D eigenvalue weighted by atomic mass is 32.2. The van der Waals surface area contributed by atoms with Crippen molar-refractivity contribution < 1.29 is 9.59 Å². The number of thioether (sulfide) groups is 1. The maximum absolute atomic E-state index is 12.2. The van der Waals surface area contributed by atoms with Gasteiger partial charge in [-0.15, -0.1) is 11.8 Å². The van der Waals surface area contributed by atoms with E-state index in [9.17, 15) is 9.59 Å². The summed E-state index contributed by atoms with van der Waals surface area (Å²) in [5.41, 5.74) is 6.54. The van der Waals surface area contributed by atoms with Crippen molar-refractivity contribution in [1.82, 2.24) is 10.9 Å². The van der Waals surface area contributed by atoms with Crippen molar-refractivity contribution in [3.63, 3.8) is 0 Å². The van der Waals surface area contributed by atoms with Crippen LogP contribution in [-0.4, -0.2) is 30.2 Å². The smallest absolute Gasteiger partial charge is 0.269 e. The number of nitrogens with zero attached hydrogens (tertiary/aromatic N) is 1. The van der Waals surface area contributed by atoms with Gasteiger partial charge in [-0.25, -0.2) is 0 Å². The zero-order valence-electron chi connectivity index (χ0n) is 15.4. The van der Waals surface area contributed by atoms with Crippen molar-refractivity contribution in [3.05, 3.63) is 60.2 Å². The van der Waals surface area contributed by atoms with Crippen molar-refractivity contribution in [3.8, 4) is 0 Å². The Morgan fingerprint density at radius 3 is 2.15 bits per heavy atom. The summed E-state index contributed by atoms with van der Waals surface area (Å²) < 4.78 is 0.